The quantitative estimate of drug-likeness (QED) is 0.521. The topological polar surface area (TPSA) is 79.5 Å². The van der Waals surface area contributed by atoms with Crippen LogP contribution in [0.2, 0.25) is 0 Å². The summed E-state index contributed by atoms with van der Waals surface area (Å²) in [6.07, 6.45) is 5.06. The first kappa shape index (κ1) is 18.7. The highest BCUT2D eigenvalue weighted by molar-refractivity contribution is 5.81. The second kappa shape index (κ2) is 8.14. The Balaban J connectivity index is 1.79. The van der Waals surface area contributed by atoms with E-state index < -0.39 is 0 Å². The van der Waals surface area contributed by atoms with Crippen LogP contribution in [0.1, 0.15) is 25.3 Å². The van der Waals surface area contributed by atoms with Crippen LogP contribution in [0, 0.1) is 0 Å². The molecule has 0 spiro atoms. The van der Waals surface area contributed by atoms with E-state index in [-0.39, 0.29) is 11.7 Å². The maximum atomic E-state index is 11.8. The molecule has 0 fully saturated rings. The van der Waals surface area contributed by atoms with Gasteiger partial charge in [0.25, 0.3) is 0 Å². The number of carbonyl (C=O) groups excluding carboxylic acids is 1. The maximum Gasteiger partial charge on any atom is 0.220 e. The zero-order chi connectivity index (χ0) is 20.2. The molecule has 0 aliphatic heterocycles. The van der Waals surface area contributed by atoms with Gasteiger partial charge in [-0.25, -0.2) is 4.98 Å². The second-order valence-corrected chi connectivity index (χ2v) is 6.86. The molecule has 0 radical (unpaired) electrons. The van der Waals surface area contributed by atoms with Crippen molar-refractivity contribution in [1.82, 2.24) is 19.7 Å². The highest BCUT2D eigenvalue weighted by atomic mass is 16.3. The van der Waals surface area contributed by atoms with Gasteiger partial charge in [-0.3, -0.25) is 14.2 Å². The molecular weight excluding hydrogens is 364 g/mol. The number of phenolic OH excluding ortho intramolecular Hbond substituents is 1. The fourth-order valence-electron chi connectivity index (χ4n) is 3.29. The number of nitrogens with one attached hydrogen (secondary N) is 1. The molecule has 2 N–H and O–H groups in total. The van der Waals surface area contributed by atoms with Gasteiger partial charge in [0.15, 0.2) is 0 Å². The van der Waals surface area contributed by atoms with Gasteiger partial charge in [-0.1, -0.05) is 13.0 Å². The van der Waals surface area contributed by atoms with Crippen LogP contribution < -0.4 is 5.32 Å². The van der Waals surface area contributed by atoms with Gasteiger partial charge < -0.3 is 10.4 Å². The van der Waals surface area contributed by atoms with E-state index in [0.29, 0.717) is 13.0 Å². The van der Waals surface area contributed by atoms with Gasteiger partial charge in [0, 0.05) is 30.9 Å². The number of aromatic hydroxyl groups is 1. The summed E-state index contributed by atoms with van der Waals surface area (Å²) >= 11 is 0. The molecule has 29 heavy (non-hydrogen) atoms. The number of benzene rings is 1. The van der Waals surface area contributed by atoms with Crippen molar-refractivity contribution in [3.05, 3.63) is 72.6 Å². The lowest BCUT2D eigenvalue weighted by molar-refractivity contribution is -0.121. The Morgan fingerprint density at radius 3 is 2.69 bits per heavy atom. The number of hydrogen-bond acceptors (Lipinski definition) is 4. The number of hydrogen-bond donors (Lipinski definition) is 2. The molecule has 6 heteroatoms. The summed E-state index contributed by atoms with van der Waals surface area (Å²) in [6, 6.07) is 16.7. The van der Waals surface area contributed by atoms with Crippen LogP contribution in [0.5, 0.6) is 5.75 Å². The van der Waals surface area contributed by atoms with Crippen LogP contribution >= 0.6 is 0 Å². The van der Waals surface area contributed by atoms with E-state index in [0.717, 1.165) is 40.3 Å². The molecule has 3 aromatic heterocycles. The van der Waals surface area contributed by atoms with Gasteiger partial charge in [-0.15, -0.1) is 0 Å². The summed E-state index contributed by atoms with van der Waals surface area (Å²) in [4.78, 5) is 21.1. The van der Waals surface area contributed by atoms with E-state index in [4.69, 9.17) is 4.98 Å². The molecule has 0 unspecified atom stereocenters. The average molecular weight is 386 g/mol. The number of nitrogens with zero attached hydrogens (tertiary/aromatic N) is 3. The number of imidazole rings is 1. The van der Waals surface area contributed by atoms with E-state index >= 15 is 0 Å². The first-order valence-electron chi connectivity index (χ1n) is 9.64. The summed E-state index contributed by atoms with van der Waals surface area (Å²) in [7, 11) is 0. The van der Waals surface area contributed by atoms with Crippen LogP contribution in [0.3, 0.4) is 0 Å². The Hall–Kier alpha value is -3.67. The zero-order valence-electron chi connectivity index (χ0n) is 16.2. The molecule has 0 atom stereocenters. The third-order valence-corrected chi connectivity index (χ3v) is 4.71. The number of aromatic nitrogens is 3. The van der Waals surface area contributed by atoms with Crippen LogP contribution in [0.4, 0.5) is 0 Å². The van der Waals surface area contributed by atoms with Crippen molar-refractivity contribution in [2.45, 2.75) is 26.3 Å². The minimum absolute atomic E-state index is 0.0506. The standard InChI is InChI=1S/C23H22N4O2/c1-2-5-21(29)25-15-16-11-13-27-20(14-16)26-22(19-6-3-4-12-24-19)23(27)17-7-9-18(28)10-8-17/h3-4,6-14,28H,2,5,15H2,1H3,(H,25,29). The first-order chi connectivity index (χ1) is 14.2. The Labute approximate surface area is 168 Å². The summed E-state index contributed by atoms with van der Waals surface area (Å²) in [5, 5.41) is 12.6. The first-order valence-corrected chi connectivity index (χ1v) is 9.64. The summed E-state index contributed by atoms with van der Waals surface area (Å²) < 4.78 is 2.01. The molecule has 4 rings (SSSR count). The molecule has 1 aromatic carbocycles. The van der Waals surface area contributed by atoms with Crippen LogP contribution in [-0.4, -0.2) is 25.4 Å². The van der Waals surface area contributed by atoms with Crippen molar-refractivity contribution in [3.8, 4) is 28.4 Å². The number of fused-ring (bicyclic) bond motifs is 1. The number of phenols is 1. The molecule has 0 aliphatic carbocycles. The van der Waals surface area contributed by atoms with E-state index in [1.165, 1.54) is 0 Å². The normalized spacial score (nSPS) is 10.9. The Bertz CT molecular complexity index is 1130. The van der Waals surface area contributed by atoms with Gasteiger partial charge in [0.2, 0.25) is 5.91 Å². The van der Waals surface area contributed by atoms with Crippen molar-refractivity contribution in [2.75, 3.05) is 0 Å². The molecule has 4 aromatic rings. The summed E-state index contributed by atoms with van der Waals surface area (Å²) in [5.41, 5.74) is 5.13. The van der Waals surface area contributed by atoms with Crippen molar-refractivity contribution in [1.29, 1.82) is 0 Å². The fourth-order valence-corrected chi connectivity index (χ4v) is 3.29. The van der Waals surface area contributed by atoms with E-state index in [1.807, 2.05) is 60.0 Å². The number of rotatable bonds is 6. The minimum Gasteiger partial charge on any atom is -0.508 e. The molecule has 6 nitrogen and oxygen atoms in total. The van der Waals surface area contributed by atoms with Crippen molar-refractivity contribution >= 4 is 11.6 Å². The molecular formula is C23H22N4O2. The van der Waals surface area contributed by atoms with Crippen molar-refractivity contribution < 1.29 is 9.90 Å². The summed E-state index contributed by atoms with van der Waals surface area (Å²) in [5.74, 6) is 0.265. The Kier molecular flexibility index (Phi) is 5.24. The van der Waals surface area contributed by atoms with E-state index in [9.17, 15) is 9.90 Å². The molecule has 1 amide bonds. The lowest BCUT2D eigenvalue weighted by Gasteiger charge is -2.07. The number of carbonyl (C=O) groups is 1. The van der Waals surface area contributed by atoms with Gasteiger partial charge in [-0.05, 0) is 60.5 Å². The fraction of sp³-hybridized carbons (Fsp3) is 0.174. The highest BCUT2D eigenvalue weighted by Gasteiger charge is 2.17. The smallest absolute Gasteiger partial charge is 0.220 e. The molecule has 146 valence electrons. The minimum atomic E-state index is 0.0506. The molecule has 0 aliphatic rings. The predicted octanol–water partition coefficient (Wildman–Crippen LogP) is 4.19. The van der Waals surface area contributed by atoms with Crippen molar-refractivity contribution in [3.63, 3.8) is 0 Å². The Morgan fingerprint density at radius 1 is 1.14 bits per heavy atom. The number of pyridine rings is 2. The SMILES string of the molecule is CCCC(=O)NCc1ccn2c(-c3ccc(O)cc3)c(-c3ccccn3)nc2c1. The molecule has 0 saturated carbocycles. The summed E-state index contributed by atoms with van der Waals surface area (Å²) in [6.45, 7) is 2.45. The molecule has 0 saturated heterocycles. The van der Waals surface area contributed by atoms with Crippen molar-refractivity contribution in [2.24, 2.45) is 0 Å². The third kappa shape index (κ3) is 3.96. The lowest BCUT2D eigenvalue weighted by atomic mass is 10.1. The second-order valence-electron chi connectivity index (χ2n) is 6.86. The van der Waals surface area contributed by atoms with Gasteiger partial charge >= 0.3 is 0 Å². The Morgan fingerprint density at radius 2 is 1.97 bits per heavy atom. The van der Waals surface area contributed by atoms with Crippen LogP contribution in [0.15, 0.2) is 67.0 Å². The third-order valence-electron chi connectivity index (χ3n) is 4.71. The van der Waals surface area contributed by atoms with Gasteiger partial charge in [0.1, 0.15) is 17.1 Å². The molecule has 3 heterocycles. The van der Waals surface area contributed by atoms with Gasteiger partial charge in [-0.2, -0.15) is 0 Å². The highest BCUT2D eigenvalue weighted by Crippen LogP contribution is 2.32. The predicted molar refractivity (Wildman–Crippen MR) is 112 cm³/mol. The van der Waals surface area contributed by atoms with Gasteiger partial charge in [0.05, 0.1) is 11.4 Å². The van der Waals surface area contributed by atoms with E-state index in [1.54, 1.807) is 18.3 Å². The lowest BCUT2D eigenvalue weighted by Crippen LogP contribution is -2.22. The maximum absolute atomic E-state index is 11.8. The largest absolute Gasteiger partial charge is 0.508 e. The zero-order valence-corrected chi connectivity index (χ0v) is 16.2. The van der Waals surface area contributed by atoms with Crippen LogP contribution in [0.25, 0.3) is 28.3 Å². The number of amides is 1. The average Bonchev–Trinajstić information content (AvgIpc) is 3.12. The van der Waals surface area contributed by atoms with E-state index in [2.05, 4.69) is 10.3 Å². The van der Waals surface area contributed by atoms with Crippen LogP contribution in [-0.2, 0) is 11.3 Å². The monoisotopic (exact) mass is 386 g/mol. The molecule has 0 bridgehead atoms.